The number of aromatic nitrogens is 2. The van der Waals surface area contributed by atoms with Crippen LogP contribution in [0.1, 0.15) is 10.6 Å². The number of hydrogen-bond donors (Lipinski definition) is 1. The summed E-state index contributed by atoms with van der Waals surface area (Å²) in [4.78, 5) is 16.3. The third kappa shape index (κ3) is 3.94. The number of rotatable bonds is 5. The average molecular weight is 460 g/mol. The van der Waals surface area contributed by atoms with E-state index in [1.807, 2.05) is 6.26 Å². The third-order valence-electron chi connectivity index (χ3n) is 3.00. The van der Waals surface area contributed by atoms with Crippen molar-refractivity contribution in [3.05, 3.63) is 46.6 Å². The Hall–Kier alpha value is -1.69. The van der Waals surface area contributed by atoms with E-state index in [1.165, 1.54) is 36.0 Å². The molecule has 0 saturated heterocycles. The minimum Gasteiger partial charge on any atom is -0.439 e. The molecule has 3 rings (SSSR count). The first-order valence-electron chi connectivity index (χ1n) is 6.69. The molecule has 1 aromatic carbocycles. The SMILES string of the molecule is CSc1nsc(NC(=O)c2ccc(S(=O)(=O)c3ccc(Br)cc3)o2)n1. The van der Waals surface area contributed by atoms with Gasteiger partial charge in [0.05, 0.1) is 4.90 Å². The Morgan fingerprint density at radius 2 is 1.96 bits per heavy atom. The van der Waals surface area contributed by atoms with Crippen molar-refractivity contribution in [2.45, 2.75) is 15.1 Å². The van der Waals surface area contributed by atoms with E-state index >= 15 is 0 Å². The van der Waals surface area contributed by atoms with E-state index in [0.717, 1.165) is 16.0 Å². The monoisotopic (exact) mass is 459 g/mol. The van der Waals surface area contributed by atoms with Crippen molar-refractivity contribution < 1.29 is 17.6 Å². The van der Waals surface area contributed by atoms with Crippen molar-refractivity contribution in [2.75, 3.05) is 11.6 Å². The van der Waals surface area contributed by atoms with E-state index in [2.05, 4.69) is 30.6 Å². The van der Waals surface area contributed by atoms with Gasteiger partial charge >= 0.3 is 0 Å². The van der Waals surface area contributed by atoms with Crippen molar-refractivity contribution in [1.82, 2.24) is 9.36 Å². The summed E-state index contributed by atoms with van der Waals surface area (Å²) in [5.41, 5.74) is 0. The molecule has 0 atom stereocenters. The zero-order chi connectivity index (χ0) is 18.0. The summed E-state index contributed by atoms with van der Waals surface area (Å²) in [7, 11) is -3.84. The van der Waals surface area contributed by atoms with E-state index in [1.54, 1.807) is 12.1 Å². The van der Waals surface area contributed by atoms with E-state index in [0.29, 0.717) is 10.3 Å². The Kier molecular flexibility index (Phi) is 5.27. The molecule has 0 fully saturated rings. The minimum absolute atomic E-state index is 0.0748. The number of nitrogens with one attached hydrogen (secondary N) is 1. The molecule has 25 heavy (non-hydrogen) atoms. The average Bonchev–Trinajstić information content (AvgIpc) is 3.24. The van der Waals surface area contributed by atoms with Gasteiger partial charge in [0, 0.05) is 16.0 Å². The summed E-state index contributed by atoms with van der Waals surface area (Å²) in [6, 6.07) is 8.68. The number of carbonyl (C=O) groups excluding carboxylic acids is 1. The molecule has 2 aromatic heterocycles. The van der Waals surface area contributed by atoms with Crippen molar-refractivity contribution >= 4 is 60.1 Å². The van der Waals surface area contributed by atoms with Gasteiger partial charge in [-0.2, -0.15) is 9.36 Å². The van der Waals surface area contributed by atoms with Crippen LogP contribution in [0.15, 0.2) is 60.4 Å². The normalized spacial score (nSPS) is 11.4. The lowest BCUT2D eigenvalue weighted by molar-refractivity contribution is 0.0991. The van der Waals surface area contributed by atoms with Gasteiger partial charge in [0.2, 0.25) is 25.2 Å². The van der Waals surface area contributed by atoms with Crippen LogP contribution in [0, 0.1) is 0 Å². The molecule has 7 nitrogen and oxygen atoms in total. The lowest BCUT2D eigenvalue weighted by Gasteiger charge is -2.01. The van der Waals surface area contributed by atoms with Gasteiger partial charge in [-0.15, -0.1) is 0 Å². The van der Waals surface area contributed by atoms with E-state index < -0.39 is 15.7 Å². The molecule has 3 aromatic rings. The lowest BCUT2D eigenvalue weighted by Crippen LogP contribution is -2.10. The number of carbonyl (C=O) groups is 1. The molecule has 0 saturated carbocycles. The Morgan fingerprint density at radius 3 is 2.60 bits per heavy atom. The van der Waals surface area contributed by atoms with Crippen LogP contribution in [0.4, 0.5) is 5.13 Å². The van der Waals surface area contributed by atoms with E-state index in [4.69, 9.17) is 4.42 Å². The highest BCUT2D eigenvalue weighted by atomic mass is 79.9. The lowest BCUT2D eigenvalue weighted by atomic mass is 10.4. The fourth-order valence-electron chi connectivity index (χ4n) is 1.82. The van der Waals surface area contributed by atoms with Crippen molar-refractivity contribution in [1.29, 1.82) is 0 Å². The Balaban J connectivity index is 1.81. The molecule has 0 aliphatic rings. The largest absolute Gasteiger partial charge is 0.439 e. The number of anilines is 1. The first-order valence-corrected chi connectivity index (χ1v) is 11.0. The molecule has 1 amide bonds. The van der Waals surface area contributed by atoms with Gasteiger partial charge in [-0.25, -0.2) is 8.42 Å². The molecule has 11 heteroatoms. The number of amides is 1. The number of halogens is 1. The molecule has 1 N–H and O–H groups in total. The van der Waals surface area contributed by atoms with Crippen LogP contribution in [0.2, 0.25) is 0 Å². The molecule has 0 spiro atoms. The van der Waals surface area contributed by atoms with Crippen molar-refractivity contribution in [2.24, 2.45) is 0 Å². The summed E-state index contributed by atoms with van der Waals surface area (Å²) < 4.78 is 35.1. The molecular weight excluding hydrogens is 450 g/mol. The van der Waals surface area contributed by atoms with E-state index in [-0.39, 0.29) is 15.7 Å². The van der Waals surface area contributed by atoms with Crippen LogP contribution in [0.3, 0.4) is 0 Å². The Bertz CT molecular complexity index is 1010. The Morgan fingerprint density at radius 1 is 1.24 bits per heavy atom. The van der Waals surface area contributed by atoms with Crippen LogP contribution in [-0.4, -0.2) is 29.9 Å². The summed E-state index contributed by atoms with van der Waals surface area (Å²) in [6.07, 6.45) is 1.82. The summed E-state index contributed by atoms with van der Waals surface area (Å²) in [5, 5.41) is 3.07. The summed E-state index contributed by atoms with van der Waals surface area (Å²) >= 11 is 5.63. The molecule has 0 bridgehead atoms. The van der Waals surface area contributed by atoms with Gasteiger partial charge < -0.3 is 4.42 Å². The number of furan rings is 1. The fourth-order valence-corrected chi connectivity index (χ4v) is 4.38. The highest BCUT2D eigenvalue weighted by Crippen LogP contribution is 2.25. The van der Waals surface area contributed by atoms with Gasteiger partial charge in [0.15, 0.2) is 5.76 Å². The topological polar surface area (TPSA) is 102 Å². The zero-order valence-electron chi connectivity index (χ0n) is 12.6. The summed E-state index contributed by atoms with van der Waals surface area (Å²) in [6.45, 7) is 0. The predicted molar refractivity (Wildman–Crippen MR) is 97.9 cm³/mol. The molecule has 0 aliphatic heterocycles. The Labute approximate surface area is 160 Å². The minimum atomic E-state index is -3.84. The molecule has 0 aliphatic carbocycles. The molecule has 0 unspecified atom stereocenters. The smallest absolute Gasteiger partial charge is 0.293 e. The maximum Gasteiger partial charge on any atom is 0.293 e. The zero-order valence-corrected chi connectivity index (χ0v) is 16.6. The first kappa shape index (κ1) is 18.1. The van der Waals surface area contributed by atoms with Crippen LogP contribution >= 0.6 is 39.2 Å². The molecule has 0 radical (unpaired) electrons. The quantitative estimate of drug-likeness (QED) is 0.580. The van der Waals surface area contributed by atoms with Gasteiger partial charge in [-0.05, 0) is 42.7 Å². The maximum atomic E-state index is 12.5. The van der Waals surface area contributed by atoms with Crippen LogP contribution in [-0.2, 0) is 9.84 Å². The first-order chi connectivity index (χ1) is 11.9. The predicted octanol–water partition coefficient (Wildman–Crippen LogP) is 3.70. The number of nitrogens with zero attached hydrogens (tertiary/aromatic N) is 2. The van der Waals surface area contributed by atoms with Crippen LogP contribution < -0.4 is 5.32 Å². The van der Waals surface area contributed by atoms with E-state index in [9.17, 15) is 13.2 Å². The second-order valence-corrected chi connectivity index (χ2v) is 8.94. The maximum absolute atomic E-state index is 12.5. The second kappa shape index (κ2) is 7.28. The summed E-state index contributed by atoms with van der Waals surface area (Å²) in [5.74, 6) is -0.724. The second-order valence-electron chi connectivity index (χ2n) is 4.62. The number of thioether (sulfide) groups is 1. The molecular formula is C14H10BrN3O4S3. The van der Waals surface area contributed by atoms with Gasteiger partial charge in [0.1, 0.15) is 0 Å². The number of hydrogen-bond acceptors (Lipinski definition) is 8. The number of benzene rings is 1. The van der Waals surface area contributed by atoms with Crippen LogP contribution in [0.5, 0.6) is 0 Å². The highest BCUT2D eigenvalue weighted by Gasteiger charge is 2.24. The third-order valence-corrected chi connectivity index (χ3v) is 6.47. The fraction of sp³-hybridized carbons (Fsp3) is 0.0714. The standard InChI is InChI=1S/C14H10BrN3O4S3/c1-23-14-17-13(24-18-14)16-12(19)10-6-7-11(22-10)25(20,21)9-4-2-8(15)3-5-9/h2-7H,1H3,(H,16,17,18,19). The van der Waals surface area contributed by atoms with Gasteiger partial charge in [0.25, 0.3) is 5.91 Å². The van der Waals surface area contributed by atoms with Crippen molar-refractivity contribution in [3.8, 4) is 0 Å². The highest BCUT2D eigenvalue weighted by molar-refractivity contribution is 9.10. The van der Waals surface area contributed by atoms with Crippen molar-refractivity contribution in [3.63, 3.8) is 0 Å². The van der Waals surface area contributed by atoms with Gasteiger partial charge in [-0.3, -0.25) is 10.1 Å². The van der Waals surface area contributed by atoms with Gasteiger partial charge in [-0.1, -0.05) is 27.7 Å². The molecule has 130 valence electrons. The molecule has 2 heterocycles. The van der Waals surface area contributed by atoms with Crippen LogP contribution in [0.25, 0.3) is 0 Å². The number of sulfone groups is 1.